The Bertz CT molecular complexity index is 840. The first-order valence-corrected chi connectivity index (χ1v) is 7.57. The lowest BCUT2D eigenvalue weighted by molar-refractivity contribution is -0.150. The number of fused-ring (bicyclic) bond motifs is 1. The molecule has 0 fully saturated rings. The lowest BCUT2D eigenvalue weighted by Crippen LogP contribution is -2.30. The van der Waals surface area contributed by atoms with Gasteiger partial charge >= 0.3 is 5.97 Å². The maximum Gasteiger partial charge on any atom is 0.316 e. The quantitative estimate of drug-likeness (QED) is 0.742. The zero-order valence-corrected chi connectivity index (χ0v) is 13.6. The summed E-state index contributed by atoms with van der Waals surface area (Å²) in [5, 5.41) is 11.2. The van der Waals surface area contributed by atoms with Gasteiger partial charge in [0.1, 0.15) is 17.6 Å². The molecule has 23 heavy (non-hydrogen) atoms. The summed E-state index contributed by atoms with van der Waals surface area (Å²) in [5.41, 5.74) is 2.50. The van der Waals surface area contributed by atoms with Crippen molar-refractivity contribution >= 4 is 28.6 Å². The van der Waals surface area contributed by atoms with Crippen LogP contribution >= 0.6 is 11.6 Å². The zero-order chi connectivity index (χ0) is 16.4. The Morgan fingerprint density at radius 2 is 1.83 bits per heavy atom. The first-order valence-electron chi connectivity index (χ1n) is 7.19. The third kappa shape index (κ3) is 3.19. The van der Waals surface area contributed by atoms with Crippen molar-refractivity contribution in [2.24, 2.45) is 0 Å². The first-order chi connectivity index (χ1) is 11.0. The minimum absolute atomic E-state index is 0.193. The number of ether oxygens (including phenoxy) is 1. The van der Waals surface area contributed by atoms with Crippen LogP contribution in [0, 0.1) is 0 Å². The number of nitrogens with zero attached hydrogens (tertiary/aromatic N) is 2. The van der Waals surface area contributed by atoms with E-state index >= 15 is 0 Å². The average molecular weight is 330 g/mol. The molecule has 0 atom stereocenters. The van der Waals surface area contributed by atoms with Crippen LogP contribution in [0.3, 0.4) is 0 Å². The number of benzene rings is 2. The molecule has 0 radical (unpaired) electrons. The van der Waals surface area contributed by atoms with Crippen molar-refractivity contribution in [3.05, 3.63) is 58.6 Å². The van der Waals surface area contributed by atoms with Crippen LogP contribution in [-0.4, -0.2) is 21.4 Å². The predicted octanol–water partition coefficient (Wildman–Crippen LogP) is 3.63. The molecule has 6 heteroatoms. The lowest BCUT2D eigenvalue weighted by atomic mass is 9.85. The third-order valence-electron chi connectivity index (χ3n) is 3.83. The summed E-state index contributed by atoms with van der Waals surface area (Å²) >= 11 is 5.89. The van der Waals surface area contributed by atoms with Crippen LogP contribution in [0.1, 0.15) is 25.0 Å². The Labute approximate surface area is 138 Å². The number of nitrogens with one attached hydrogen (secondary N) is 1. The van der Waals surface area contributed by atoms with Gasteiger partial charge < -0.3 is 4.74 Å². The van der Waals surface area contributed by atoms with E-state index in [1.165, 1.54) is 0 Å². The number of aromatic amines is 1. The molecule has 0 aliphatic carbocycles. The second-order valence-electron chi connectivity index (χ2n) is 5.85. The maximum atomic E-state index is 12.4. The predicted molar refractivity (Wildman–Crippen MR) is 88.2 cm³/mol. The summed E-state index contributed by atoms with van der Waals surface area (Å²) < 4.78 is 5.47. The fourth-order valence-corrected chi connectivity index (χ4v) is 2.42. The molecule has 0 spiro atoms. The average Bonchev–Trinajstić information content (AvgIpc) is 3.00. The van der Waals surface area contributed by atoms with Gasteiger partial charge in [-0.2, -0.15) is 15.4 Å². The van der Waals surface area contributed by atoms with Gasteiger partial charge in [-0.15, -0.1) is 0 Å². The van der Waals surface area contributed by atoms with E-state index < -0.39 is 5.41 Å². The molecular formula is C17H16ClN3O2. The molecule has 1 N–H and O–H groups in total. The highest BCUT2D eigenvalue weighted by Gasteiger charge is 2.31. The molecule has 0 saturated heterocycles. The van der Waals surface area contributed by atoms with Crippen molar-refractivity contribution in [3.8, 4) is 0 Å². The van der Waals surface area contributed by atoms with Gasteiger partial charge in [0.05, 0.1) is 5.41 Å². The lowest BCUT2D eigenvalue weighted by Gasteiger charge is -2.23. The zero-order valence-electron chi connectivity index (χ0n) is 12.8. The van der Waals surface area contributed by atoms with E-state index in [4.69, 9.17) is 16.3 Å². The van der Waals surface area contributed by atoms with Crippen molar-refractivity contribution in [1.29, 1.82) is 0 Å². The normalized spacial score (nSPS) is 11.6. The summed E-state index contributed by atoms with van der Waals surface area (Å²) in [6.45, 7) is 3.86. The van der Waals surface area contributed by atoms with E-state index in [2.05, 4.69) is 15.4 Å². The SMILES string of the molecule is CC(C)(C(=O)OCc1ccc2n[nH]nc2c1)c1ccc(Cl)cc1. The second kappa shape index (κ2) is 6.01. The molecule has 2 aromatic carbocycles. The van der Waals surface area contributed by atoms with E-state index in [0.29, 0.717) is 5.02 Å². The highest BCUT2D eigenvalue weighted by molar-refractivity contribution is 6.30. The number of hydrogen-bond acceptors (Lipinski definition) is 4. The topological polar surface area (TPSA) is 67.9 Å². The Morgan fingerprint density at radius 3 is 2.57 bits per heavy atom. The largest absolute Gasteiger partial charge is 0.460 e. The fraction of sp³-hybridized carbons (Fsp3) is 0.235. The summed E-state index contributed by atoms with van der Waals surface area (Å²) in [7, 11) is 0. The van der Waals surface area contributed by atoms with Crippen LogP contribution in [-0.2, 0) is 21.6 Å². The van der Waals surface area contributed by atoms with Gasteiger partial charge in [-0.05, 0) is 49.2 Å². The third-order valence-corrected chi connectivity index (χ3v) is 4.08. The highest BCUT2D eigenvalue weighted by Crippen LogP contribution is 2.26. The molecule has 0 aliphatic heterocycles. The molecule has 1 aromatic heterocycles. The molecule has 0 amide bonds. The number of halogens is 1. The van der Waals surface area contributed by atoms with E-state index in [9.17, 15) is 4.79 Å². The molecule has 0 aliphatic rings. The number of H-pyrrole nitrogens is 1. The van der Waals surface area contributed by atoms with Crippen LogP contribution in [0.15, 0.2) is 42.5 Å². The Balaban J connectivity index is 1.71. The summed E-state index contributed by atoms with van der Waals surface area (Å²) in [6.07, 6.45) is 0. The number of aromatic nitrogens is 3. The second-order valence-corrected chi connectivity index (χ2v) is 6.29. The Hall–Kier alpha value is -2.40. The molecular weight excluding hydrogens is 314 g/mol. The van der Waals surface area contributed by atoms with Crippen LogP contribution in [0.2, 0.25) is 5.02 Å². The van der Waals surface area contributed by atoms with E-state index in [0.717, 1.165) is 22.2 Å². The number of hydrogen-bond donors (Lipinski definition) is 1. The highest BCUT2D eigenvalue weighted by atomic mass is 35.5. The van der Waals surface area contributed by atoms with E-state index in [-0.39, 0.29) is 12.6 Å². The van der Waals surface area contributed by atoms with Gasteiger partial charge in [-0.1, -0.05) is 29.8 Å². The fourth-order valence-electron chi connectivity index (χ4n) is 2.29. The number of esters is 1. The van der Waals surface area contributed by atoms with Crippen LogP contribution in [0.5, 0.6) is 0 Å². The molecule has 1 heterocycles. The van der Waals surface area contributed by atoms with Crippen LogP contribution in [0.4, 0.5) is 0 Å². The number of carbonyl (C=O) groups excluding carboxylic acids is 1. The van der Waals surface area contributed by atoms with Gasteiger partial charge in [0.25, 0.3) is 0 Å². The van der Waals surface area contributed by atoms with E-state index in [1.54, 1.807) is 12.1 Å². The van der Waals surface area contributed by atoms with Crippen molar-refractivity contribution in [3.63, 3.8) is 0 Å². The van der Waals surface area contributed by atoms with Gasteiger partial charge in [0.2, 0.25) is 0 Å². The van der Waals surface area contributed by atoms with Crippen molar-refractivity contribution in [1.82, 2.24) is 15.4 Å². The van der Waals surface area contributed by atoms with Gasteiger partial charge in [-0.25, -0.2) is 0 Å². The number of rotatable bonds is 4. The molecule has 118 valence electrons. The van der Waals surface area contributed by atoms with Gasteiger partial charge in [0.15, 0.2) is 0 Å². The Morgan fingerprint density at radius 1 is 1.13 bits per heavy atom. The number of carbonyl (C=O) groups is 1. The van der Waals surface area contributed by atoms with Crippen molar-refractivity contribution in [2.75, 3.05) is 0 Å². The molecule has 0 bridgehead atoms. The standard InChI is InChI=1S/C17H16ClN3O2/c1-17(2,12-4-6-13(18)7-5-12)16(22)23-10-11-3-8-14-15(9-11)20-21-19-14/h3-9H,10H2,1-2H3,(H,19,20,21). The first kappa shape index (κ1) is 15.5. The van der Waals surface area contributed by atoms with E-state index in [1.807, 2.05) is 44.2 Å². The molecule has 0 unspecified atom stereocenters. The van der Waals surface area contributed by atoms with Crippen molar-refractivity contribution in [2.45, 2.75) is 25.9 Å². The molecule has 3 aromatic rings. The Kier molecular flexibility index (Phi) is 4.05. The summed E-state index contributed by atoms with van der Waals surface area (Å²) in [6, 6.07) is 12.8. The van der Waals surface area contributed by atoms with Crippen LogP contribution < -0.4 is 0 Å². The monoisotopic (exact) mass is 329 g/mol. The minimum atomic E-state index is -0.747. The molecule has 5 nitrogen and oxygen atoms in total. The minimum Gasteiger partial charge on any atom is -0.460 e. The smallest absolute Gasteiger partial charge is 0.316 e. The van der Waals surface area contributed by atoms with Crippen LogP contribution in [0.25, 0.3) is 11.0 Å². The van der Waals surface area contributed by atoms with Gasteiger partial charge in [-0.3, -0.25) is 4.79 Å². The summed E-state index contributed by atoms with van der Waals surface area (Å²) in [5.74, 6) is -0.292. The van der Waals surface area contributed by atoms with Crippen molar-refractivity contribution < 1.29 is 9.53 Å². The van der Waals surface area contributed by atoms with Gasteiger partial charge in [0, 0.05) is 5.02 Å². The summed E-state index contributed by atoms with van der Waals surface area (Å²) in [4.78, 5) is 12.4. The molecule has 3 rings (SSSR count). The maximum absolute atomic E-state index is 12.4. The molecule has 0 saturated carbocycles.